The quantitative estimate of drug-likeness (QED) is 0.715. The van der Waals surface area contributed by atoms with Crippen molar-refractivity contribution in [3.63, 3.8) is 0 Å². The molecule has 0 saturated carbocycles. The Morgan fingerprint density at radius 1 is 1.33 bits per heavy atom. The first-order valence-corrected chi connectivity index (χ1v) is 8.96. The molecule has 3 aromatic rings. The summed E-state index contributed by atoms with van der Waals surface area (Å²) in [6.45, 7) is 2.86. The Labute approximate surface area is 156 Å². The van der Waals surface area contributed by atoms with Gasteiger partial charge in [-0.1, -0.05) is 0 Å². The van der Waals surface area contributed by atoms with Crippen LogP contribution in [-0.2, 0) is 7.05 Å². The summed E-state index contributed by atoms with van der Waals surface area (Å²) >= 11 is 0. The zero-order chi connectivity index (χ0) is 19.0. The summed E-state index contributed by atoms with van der Waals surface area (Å²) in [4.78, 5) is 31.4. The number of imidazole rings is 1. The number of carbonyl (C=O) groups is 2. The molecule has 27 heavy (non-hydrogen) atoms. The van der Waals surface area contributed by atoms with Crippen LogP contribution in [0.4, 0.5) is 0 Å². The molecule has 0 spiro atoms. The highest BCUT2D eigenvalue weighted by Crippen LogP contribution is 2.24. The van der Waals surface area contributed by atoms with Gasteiger partial charge >= 0.3 is 0 Å². The molecule has 1 unspecified atom stereocenters. The fraction of sp³-hybridized carbons (Fsp3) is 0.368. The van der Waals surface area contributed by atoms with Gasteiger partial charge in [0.2, 0.25) is 5.78 Å². The summed E-state index contributed by atoms with van der Waals surface area (Å²) in [5.74, 6) is 1.42. The molecule has 0 aliphatic carbocycles. The number of furan rings is 1. The first kappa shape index (κ1) is 17.3. The highest BCUT2D eigenvalue weighted by Gasteiger charge is 2.32. The summed E-state index contributed by atoms with van der Waals surface area (Å²) < 4.78 is 7.28. The molecule has 1 saturated heterocycles. The monoisotopic (exact) mass is 367 g/mol. The van der Waals surface area contributed by atoms with Gasteiger partial charge in [0.1, 0.15) is 11.5 Å². The number of hydrogen-bond donors (Lipinski definition) is 1. The van der Waals surface area contributed by atoms with Gasteiger partial charge in [0.15, 0.2) is 17.3 Å². The Morgan fingerprint density at radius 3 is 2.89 bits per heavy atom. The number of H-pyrrole nitrogens is 1. The highest BCUT2D eigenvalue weighted by atomic mass is 16.3. The molecule has 1 atom stereocenters. The summed E-state index contributed by atoms with van der Waals surface area (Å²) in [6, 6.07) is 5.38. The number of hydrogen-bond acceptors (Lipinski definition) is 5. The Hall–Kier alpha value is -3.16. The second-order valence-electron chi connectivity index (χ2n) is 6.89. The zero-order valence-corrected chi connectivity index (χ0v) is 15.3. The summed E-state index contributed by atoms with van der Waals surface area (Å²) in [5.41, 5.74) is 0.980. The van der Waals surface area contributed by atoms with Crippen molar-refractivity contribution in [2.75, 3.05) is 13.1 Å². The zero-order valence-electron chi connectivity index (χ0n) is 15.3. The number of aromatic amines is 1. The standard InChI is InChI=1S/C19H21N5O3/c1-12-5-6-16(27-12)14-10-15(22-21-14)19(26)24-8-3-4-13(11-24)17(25)18-20-7-9-23(18)2/h5-7,9-10,13H,3-4,8,11H2,1-2H3,(H,21,22). The van der Waals surface area contributed by atoms with Gasteiger partial charge in [-0.2, -0.15) is 5.10 Å². The lowest BCUT2D eigenvalue weighted by atomic mass is 9.93. The van der Waals surface area contributed by atoms with E-state index in [0.717, 1.165) is 18.6 Å². The molecule has 0 radical (unpaired) electrons. The van der Waals surface area contributed by atoms with Crippen LogP contribution in [0.3, 0.4) is 0 Å². The van der Waals surface area contributed by atoms with Gasteiger partial charge in [0, 0.05) is 44.5 Å². The van der Waals surface area contributed by atoms with E-state index in [1.807, 2.05) is 19.1 Å². The molecule has 8 heteroatoms. The van der Waals surface area contributed by atoms with Crippen molar-refractivity contribution in [1.82, 2.24) is 24.6 Å². The fourth-order valence-electron chi connectivity index (χ4n) is 3.46. The van der Waals surface area contributed by atoms with Crippen molar-refractivity contribution in [1.29, 1.82) is 0 Å². The van der Waals surface area contributed by atoms with Crippen molar-refractivity contribution >= 4 is 11.7 Å². The lowest BCUT2D eigenvalue weighted by Crippen LogP contribution is -2.42. The molecule has 140 valence electrons. The molecule has 1 N–H and O–H groups in total. The van der Waals surface area contributed by atoms with E-state index in [4.69, 9.17) is 4.42 Å². The third-order valence-corrected chi connectivity index (χ3v) is 4.92. The van der Waals surface area contributed by atoms with E-state index in [0.29, 0.717) is 36.1 Å². The smallest absolute Gasteiger partial charge is 0.274 e. The maximum Gasteiger partial charge on any atom is 0.274 e. The van der Waals surface area contributed by atoms with Gasteiger partial charge in [-0.05, 0) is 31.9 Å². The molecule has 8 nitrogen and oxygen atoms in total. The molecule has 4 rings (SSSR count). The molecule has 3 aromatic heterocycles. The Morgan fingerprint density at radius 2 is 2.19 bits per heavy atom. The normalized spacial score (nSPS) is 17.3. The van der Waals surface area contributed by atoms with Crippen LogP contribution >= 0.6 is 0 Å². The van der Waals surface area contributed by atoms with Crippen molar-refractivity contribution in [2.24, 2.45) is 13.0 Å². The van der Waals surface area contributed by atoms with Gasteiger partial charge in [0.05, 0.1) is 0 Å². The first-order chi connectivity index (χ1) is 13.0. The van der Waals surface area contributed by atoms with Gasteiger partial charge in [-0.15, -0.1) is 0 Å². The third-order valence-electron chi connectivity index (χ3n) is 4.92. The number of aromatic nitrogens is 4. The van der Waals surface area contributed by atoms with Crippen LogP contribution in [0, 0.1) is 12.8 Å². The Kier molecular flexibility index (Phi) is 4.39. The second-order valence-corrected chi connectivity index (χ2v) is 6.89. The number of aryl methyl sites for hydroxylation is 2. The SMILES string of the molecule is Cc1ccc(-c2cc(C(=O)N3CCCC(C(=O)c4nccn4C)C3)n[nH]2)o1. The number of likely N-dealkylation sites (tertiary alicyclic amines) is 1. The minimum absolute atomic E-state index is 0.0197. The number of amides is 1. The number of carbonyl (C=O) groups excluding carboxylic acids is 2. The van der Waals surface area contributed by atoms with Gasteiger partial charge in [0.25, 0.3) is 5.91 Å². The predicted molar refractivity (Wildman–Crippen MR) is 97.2 cm³/mol. The van der Waals surface area contributed by atoms with E-state index < -0.39 is 0 Å². The number of nitrogens with zero attached hydrogens (tertiary/aromatic N) is 4. The lowest BCUT2D eigenvalue weighted by Gasteiger charge is -2.31. The molecule has 4 heterocycles. The average Bonchev–Trinajstić information content (AvgIpc) is 3.41. The Balaban J connectivity index is 1.48. The number of piperidine rings is 1. The third kappa shape index (κ3) is 3.30. The van der Waals surface area contributed by atoms with E-state index >= 15 is 0 Å². The predicted octanol–water partition coefficient (Wildman–Crippen LogP) is 2.45. The van der Waals surface area contributed by atoms with Crippen LogP contribution in [0.15, 0.2) is 35.0 Å². The van der Waals surface area contributed by atoms with Crippen molar-refractivity contribution in [3.8, 4) is 11.5 Å². The number of Topliss-reactive ketones (excluding diaryl/α,β-unsaturated/α-hetero) is 1. The minimum Gasteiger partial charge on any atom is -0.460 e. The molecule has 1 amide bonds. The van der Waals surface area contributed by atoms with Crippen LogP contribution < -0.4 is 0 Å². The van der Waals surface area contributed by atoms with Crippen LogP contribution in [0.1, 0.15) is 39.7 Å². The van der Waals surface area contributed by atoms with Crippen LogP contribution in [-0.4, -0.2) is 49.4 Å². The lowest BCUT2D eigenvalue weighted by molar-refractivity contribution is 0.0628. The number of nitrogens with one attached hydrogen (secondary N) is 1. The van der Waals surface area contributed by atoms with Gasteiger partial charge < -0.3 is 13.9 Å². The molecular weight excluding hydrogens is 346 g/mol. The topological polar surface area (TPSA) is 97.0 Å². The first-order valence-electron chi connectivity index (χ1n) is 8.96. The second kappa shape index (κ2) is 6.86. The molecule has 0 aromatic carbocycles. The molecule has 0 bridgehead atoms. The van der Waals surface area contributed by atoms with Crippen molar-refractivity contribution in [2.45, 2.75) is 19.8 Å². The van der Waals surface area contributed by atoms with Crippen molar-refractivity contribution in [3.05, 3.63) is 47.9 Å². The highest BCUT2D eigenvalue weighted by molar-refractivity contribution is 5.97. The van der Waals surface area contributed by atoms with Gasteiger partial charge in [-0.25, -0.2) is 4.98 Å². The van der Waals surface area contributed by atoms with Crippen molar-refractivity contribution < 1.29 is 14.0 Å². The number of rotatable bonds is 4. The average molecular weight is 367 g/mol. The Bertz CT molecular complexity index is 983. The van der Waals surface area contributed by atoms with E-state index in [-0.39, 0.29) is 17.6 Å². The van der Waals surface area contributed by atoms with E-state index in [1.165, 1.54) is 0 Å². The van der Waals surface area contributed by atoms with Crippen LogP contribution in [0.5, 0.6) is 0 Å². The summed E-state index contributed by atoms with van der Waals surface area (Å²) in [7, 11) is 1.80. The number of ketones is 1. The molecule has 1 aliphatic rings. The largest absolute Gasteiger partial charge is 0.460 e. The summed E-state index contributed by atoms with van der Waals surface area (Å²) in [6.07, 6.45) is 4.90. The fourth-order valence-corrected chi connectivity index (χ4v) is 3.46. The van der Waals surface area contributed by atoms with E-state index in [9.17, 15) is 9.59 Å². The van der Waals surface area contributed by atoms with Gasteiger partial charge in [-0.3, -0.25) is 14.7 Å². The maximum atomic E-state index is 12.9. The van der Waals surface area contributed by atoms with E-state index in [1.54, 1.807) is 35.0 Å². The van der Waals surface area contributed by atoms with E-state index in [2.05, 4.69) is 15.2 Å². The molecule has 1 aliphatic heterocycles. The van der Waals surface area contributed by atoms with Crippen LogP contribution in [0.25, 0.3) is 11.5 Å². The minimum atomic E-state index is -0.241. The molecular formula is C19H21N5O3. The summed E-state index contributed by atoms with van der Waals surface area (Å²) in [5, 5.41) is 6.98. The molecule has 1 fully saturated rings. The van der Waals surface area contributed by atoms with Crippen LogP contribution in [0.2, 0.25) is 0 Å². The maximum absolute atomic E-state index is 12.9.